The van der Waals surface area contributed by atoms with Crippen LogP contribution in [-0.2, 0) is 4.74 Å². The van der Waals surface area contributed by atoms with Gasteiger partial charge in [0.15, 0.2) is 0 Å². The van der Waals surface area contributed by atoms with Gasteiger partial charge in [-0.1, -0.05) is 41.5 Å². The van der Waals surface area contributed by atoms with Crippen molar-refractivity contribution in [3.8, 4) is 0 Å². The fourth-order valence-electron chi connectivity index (χ4n) is 2.94. The van der Waals surface area contributed by atoms with Crippen molar-refractivity contribution in [3.63, 3.8) is 0 Å². The van der Waals surface area contributed by atoms with Crippen molar-refractivity contribution in [2.24, 2.45) is 23.7 Å². The van der Waals surface area contributed by atoms with Crippen LogP contribution in [0.1, 0.15) is 54.4 Å². The molecule has 0 aromatic heterocycles. The van der Waals surface area contributed by atoms with Crippen LogP contribution in [0.5, 0.6) is 0 Å². The van der Waals surface area contributed by atoms with E-state index < -0.39 is 11.2 Å². The summed E-state index contributed by atoms with van der Waals surface area (Å²) in [6, 6.07) is 0. The van der Waals surface area contributed by atoms with Crippen LogP contribution in [0.4, 0.5) is 0 Å². The molecular weight excluding hydrogens is 296 g/mol. The standard InChI is InChI=1S/C18H38O5/c1-13(2)7-15(5)17(21,9-19)11-23-12-18(22,10-20)16(6)8-14(3)4/h13-16,19-22H,7-12H2,1-6H3. The van der Waals surface area contributed by atoms with E-state index in [0.29, 0.717) is 11.8 Å². The SMILES string of the molecule is CC(C)CC(C)C(O)(CO)COCC(O)(CO)C(C)CC(C)C. The Kier molecular flexibility index (Phi) is 9.86. The Morgan fingerprint density at radius 3 is 1.22 bits per heavy atom. The molecule has 4 atom stereocenters. The average molecular weight is 334 g/mol. The summed E-state index contributed by atoms with van der Waals surface area (Å²) in [7, 11) is 0. The molecule has 0 aliphatic carbocycles. The number of ether oxygens (including phenoxy) is 1. The maximum absolute atomic E-state index is 10.6. The zero-order chi connectivity index (χ0) is 18.3. The second kappa shape index (κ2) is 9.94. The minimum absolute atomic E-state index is 0.0614. The molecule has 4 unspecified atom stereocenters. The van der Waals surface area contributed by atoms with E-state index in [4.69, 9.17) is 4.74 Å². The molecule has 0 aliphatic heterocycles. The summed E-state index contributed by atoms with van der Waals surface area (Å²) in [5, 5.41) is 40.2. The van der Waals surface area contributed by atoms with Crippen molar-refractivity contribution in [1.82, 2.24) is 0 Å². The number of aliphatic hydroxyl groups excluding tert-OH is 2. The van der Waals surface area contributed by atoms with Gasteiger partial charge in [0.1, 0.15) is 11.2 Å². The molecule has 0 saturated carbocycles. The number of aliphatic hydroxyl groups is 4. The number of hydrogen-bond acceptors (Lipinski definition) is 5. The Labute approximate surface area is 141 Å². The van der Waals surface area contributed by atoms with Crippen molar-refractivity contribution in [2.45, 2.75) is 65.6 Å². The monoisotopic (exact) mass is 334 g/mol. The van der Waals surface area contributed by atoms with E-state index in [9.17, 15) is 20.4 Å². The normalized spacial score (nSPS) is 20.3. The van der Waals surface area contributed by atoms with E-state index in [2.05, 4.69) is 27.7 Å². The second-order valence-electron chi connectivity index (χ2n) is 8.08. The van der Waals surface area contributed by atoms with Crippen molar-refractivity contribution in [1.29, 1.82) is 0 Å². The van der Waals surface area contributed by atoms with Crippen molar-refractivity contribution < 1.29 is 25.2 Å². The first kappa shape index (κ1) is 22.8. The van der Waals surface area contributed by atoms with Gasteiger partial charge in [-0.15, -0.1) is 0 Å². The predicted molar refractivity (Wildman–Crippen MR) is 92.1 cm³/mol. The van der Waals surface area contributed by atoms with Crippen LogP contribution in [0.2, 0.25) is 0 Å². The highest BCUT2D eigenvalue weighted by Gasteiger charge is 2.37. The molecule has 0 amide bonds. The molecular formula is C18H38O5. The topological polar surface area (TPSA) is 90.2 Å². The quantitative estimate of drug-likeness (QED) is 0.437. The Hall–Kier alpha value is -0.200. The fourth-order valence-corrected chi connectivity index (χ4v) is 2.94. The molecule has 0 bridgehead atoms. The third-order valence-corrected chi connectivity index (χ3v) is 4.74. The van der Waals surface area contributed by atoms with E-state index in [-0.39, 0.29) is 38.3 Å². The Bertz CT molecular complexity index is 291. The van der Waals surface area contributed by atoms with Crippen LogP contribution in [0.15, 0.2) is 0 Å². The summed E-state index contributed by atoms with van der Waals surface area (Å²) >= 11 is 0. The van der Waals surface area contributed by atoms with E-state index in [1.54, 1.807) is 0 Å². The maximum atomic E-state index is 10.6. The van der Waals surface area contributed by atoms with Crippen LogP contribution in [0.25, 0.3) is 0 Å². The van der Waals surface area contributed by atoms with Crippen LogP contribution in [0, 0.1) is 23.7 Å². The summed E-state index contributed by atoms with van der Waals surface area (Å²) in [6.07, 6.45) is 1.54. The zero-order valence-corrected chi connectivity index (χ0v) is 15.7. The molecule has 0 aromatic carbocycles. The van der Waals surface area contributed by atoms with Gasteiger partial charge in [0, 0.05) is 0 Å². The minimum atomic E-state index is -1.33. The lowest BCUT2D eigenvalue weighted by atomic mass is 9.83. The second-order valence-corrected chi connectivity index (χ2v) is 8.08. The molecule has 0 heterocycles. The largest absolute Gasteiger partial charge is 0.393 e. The predicted octanol–water partition coefficient (Wildman–Crippen LogP) is 1.81. The van der Waals surface area contributed by atoms with E-state index in [1.165, 1.54) is 0 Å². The maximum Gasteiger partial charge on any atom is 0.113 e. The van der Waals surface area contributed by atoms with E-state index in [1.807, 2.05) is 13.8 Å². The smallest absolute Gasteiger partial charge is 0.113 e. The number of hydrogen-bond donors (Lipinski definition) is 4. The average Bonchev–Trinajstić information content (AvgIpc) is 2.45. The first-order valence-electron chi connectivity index (χ1n) is 8.75. The lowest BCUT2D eigenvalue weighted by Gasteiger charge is -2.37. The molecule has 140 valence electrons. The van der Waals surface area contributed by atoms with Crippen LogP contribution >= 0.6 is 0 Å². The van der Waals surface area contributed by atoms with Crippen molar-refractivity contribution in [3.05, 3.63) is 0 Å². The molecule has 0 saturated heterocycles. The minimum Gasteiger partial charge on any atom is -0.393 e. The molecule has 5 heteroatoms. The molecule has 0 aliphatic rings. The van der Waals surface area contributed by atoms with E-state index >= 15 is 0 Å². The van der Waals surface area contributed by atoms with Gasteiger partial charge in [0.25, 0.3) is 0 Å². The highest BCUT2D eigenvalue weighted by atomic mass is 16.5. The molecule has 0 radical (unpaired) electrons. The van der Waals surface area contributed by atoms with Gasteiger partial charge in [0.05, 0.1) is 26.4 Å². The summed E-state index contributed by atoms with van der Waals surface area (Å²) < 4.78 is 5.53. The van der Waals surface area contributed by atoms with Gasteiger partial charge in [-0.25, -0.2) is 0 Å². The highest BCUT2D eigenvalue weighted by molar-refractivity contribution is 4.87. The van der Waals surface area contributed by atoms with Gasteiger partial charge in [-0.3, -0.25) is 0 Å². The lowest BCUT2D eigenvalue weighted by molar-refractivity contribution is -0.157. The van der Waals surface area contributed by atoms with E-state index in [0.717, 1.165) is 12.8 Å². The fraction of sp³-hybridized carbons (Fsp3) is 1.00. The lowest BCUT2D eigenvalue weighted by Crippen LogP contribution is -2.49. The molecule has 5 nitrogen and oxygen atoms in total. The van der Waals surface area contributed by atoms with Gasteiger partial charge in [0.2, 0.25) is 0 Å². The third kappa shape index (κ3) is 7.48. The molecule has 0 aromatic rings. The molecule has 0 fully saturated rings. The first-order chi connectivity index (χ1) is 10.5. The summed E-state index contributed by atoms with van der Waals surface area (Å²) in [4.78, 5) is 0. The first-order valence-corrected chi connectivity index (χ1v) is 8.75. The molecule has 0 spiro atoms. The van der Waals surface area contributed by atoms with Crippen LogP contribution in [-0.4, -0.2) is 58.1 Å². The summed E-state index contributed by atoms with van der Waals surface area (Å²) in [5.74, 6) is 0.567. The van der Waals surface area contributed by atoms with Crippen LogP contribution < -0.4 is 0 Å². The van der Waals surface area contributed by atoms with Crippen molar-refractivity contribution in [2.75, 3.05) is 26.4 Å². The van der Waals surface area contributed by atoms with Gasteiger partial charge in [-0.2, -0.15) is 0 Å². The van der Waals surface area contributed by atoms with Gasteiger partial charge >= 0.3 is 0 Å². The molecule has 23 heavy (non-hydrogen) atoms. The Balaban J connectivity index is 4.67. The van der Waals surface area contributed by atoms with Crippen LogP contribution in [0.3, 0.4) is 0 Å². The Morgan fingerprint density at radius 1 is 0.696 bits per heavy atom. The summed E-state index contributed by atoms with van der Waals surface area (Å²) in [5.41, 5.74) is -2.66. The summed E-state index contributed by atoms with van der Waals surface area (Å²) in [6.45, 7) is 11.1. The number of rotatable bonds is 12. The van der Waals surface area contributed by atoms with Crippen molar-refractivity contribution >= 4 is 0 Å². The molecule has 4 N–H and O–H groups in total. The third-order valence-electron chi connectivity index (χ3n) is 4.74. The van der Waals surface area contributed by atoms with Gasteiger partial charge < -0.3 is 25.2 Å². The Morgan fingerprint density at radius 2 is 1.00 bits per heavy atom. The zero-order valence-electron chi connectivity index (χ0n) is 15.7. The molecule has 0 rings (SSSR count). The highest BCUT2D eigenvalue weighted by Crippen LogP contribution is 2.27. The van der Waals surface area contributed by atoms with Gasteiger partial charge in [-0.05, 0) is 36.5 Å².